The van der Waals surface area contributed by atoms with Crippen LogP contribution in [0.4, 0.5) is 10.1 Å². The molecule has 15 heavy (non-hydrogen) atoms. The molecule has 0 amide bonds. The second-order valence-electron chi connectivity index (χ2n) is 3.11. The van der Waals surface area contributed by atoms with Crippen molar-refractivity contribution in [2.75, 3.05) is 17.7 Å². The summed E-state index contributed by atoms with van der Waals surface area (Å²) < 4.78 is 0.817. The van der Waals surface area contributed by atoms with Crippen molar-refractivity contribution in [1.29, 1.82) is 0 Å². The Balaban J connectivity index is 2.06. The van der Waals surface area contributed by atoms with Gasteiger partial charge in [-0.25, -0.2) is 4.98 Å². The van der Waals surface area contributed by atoms with Gasteiger partial charge in [0.1, 0.15) is 5.00 Å². The van der Waals surface area contributed by atoms with E-state index in [-0.39, 0.29) is 0 Å². The molecule has 0 aliphatic rings. The third-order valence-corrected chi connectivity index (χ3v) is 4.02. The summed E-state index contributed by atoms with van der Waals surface area (Å²) in [6, 6.07) is 3.94. The van der Waals surface area contributed by atoms with Crippen LogP contribution in [0.1, 0.15) is 4.88 Å². The number of thiazole rings is 1. The summed E-state index contributed by atoms with van der Waals surface area (Å²) in [4.78, 5) is 7.49. The Morgan fingerprint density at radius 3 is 2.80 bits per heavy atom. The lowest BCUT2D eigenvalue weighted by Crippen LogP contribution is -2.14. The summed E-state index contributed by atoms with van der Waals surface area (Å²) in [6.07, 6.45) is 1.68. The SMILES string of the molecule is CN(Cc1ccc(Cl)s1)c1ncc(N)s1. The fourth-order valence-electron chi connectivity index (χ4n) is 1.19. The fourth-order valence-corrected chi connectivity index (χ4v) is 2.97. The Morgan fingerprint density at radius 2 is 2.27 bits per heavy atom. The molecule has 0 unspecified atom stereocenters. The quantitative estimate of drug-likeness (QED) is 0.921. The molecule has 0 bridgehead atoms. The highest BCUT2D eigenvalue weighted by Gasteiger charge is 2.07. The van der Waals surface area contributed by atoms with Gasteiger partial charge < -0.3 is 10.6 Å². The second-order valence-corrected chi connectivity index (χ2v) is 5.95. The fraction of sp³-hybridized carbons (Fsp3) is 0.222. The van der Waals surface area contributed by atoms with Crippen LogP contribution < -0.4 is 10.6 Å². The first-order valence-electron chi connectivity index (χ1n) is 4.32. The highest BCUT2D eigenvalue weighted by molar-refractivity contribution is 7.19. The van der Waals surface area contributed by atoms with Gasteiger partial charge in [-0.2, -0.15) is 0 Å². The Hall–Kier alpha value is -0.780. The van der Waals surface area contributed by atoms with Crippen molar-refractivity contribution >= 4 is 44.4 Å². The van der Waals surface area contributed by atoms with Crippen LogP contribution in [0.5, 0.6) is 0 Å². The second kappa shape index (κ2) is 4.38. The van der Waals surface area contributed by atoms with Gasteiger partial charge >= 0.3 is 0 Å². The van der Waals surface area contributed by atoms with Crippen LogP contribution in [0, 0.1) is 0 Å². The van der Waals surface area contributed by atoms with Gasteiger partial charge in [-0.15, -0.1) is 11.3 Å². The summed E-state index contributed by atoms with van der Waals surface area (Å²) >= 11 is 8.93. The summed E-state index contributed by atoms with van der Waals surface area (Å²) in [7, 11) is 1.99. The monoisotopic (exact) mass is 259 g/mol. The number of thiophene rings is 1. The van der Waals surface area contributed by atoms with E-state index in [1.165, 1.54) is 16.2 Å². The number of anilines is 2. The Kier molecular flexibility index (Phi) is 3.14. The third-order valence-electron chi connectivity index (χ3n) is 1.86. The first kappa shape index (κ1) is 10.7. The minimum Gasteiger partial charge on any atom is -0.389 e. The molecule has 0 atom stereocenters. The molecular weight excluding hydrogens is 250 g/mol. The maximum Gasteiger partial charge on any atom is 0.187 e. The van der Waals surface area contributed by atoms with Crippen molar-refractivity contribution in [3.63, 3.8) is 0 Å². The summed E-state index contributed by atoms with van der Waals surface area (Å²) in [5, 5.41) is 1.66. The summed E-state index contributed by atoms with van der Waals surface area (Å²) in [5.74, 6) is 0. The van der Waals surface area contributed by atoms with Gasteiger partial charge in [0.25, 0.3) is 0 Å². The summed E-state index contributed by atoms with van der Waals surface area (Å²) in [5.41, 5.74) is 5.62. The van der Waals surface area contributed by atoms with Crippen molar-refractivity contribution in [1.82, 2.24) is 4.98 Å². The Morgan fingerprint density at radius 1 is 1.47 bits per heavy atom. The van der Waals surface area contributed by atoms with Crippen molar-refractivity contribution < 1.29 is 0 Å². The molecule has 0 aliphatic carbocycles. The number of aromatic nitrogens is 1. The zero-order chi connectivity index (χ0) is 10.8. The molecule has 0 aliphatic heterocycles. The molecule has 2 N–H and O–H groups in total. The van der Waals surface area contributed by atoms with E-state index in [2.05, 4.69) is 9.88 Å². The average Bonchev–Trinajstić information content (AvgIpc) is 2.75. The topological polar surface area (TPSA) is 42.2 Å². The zero-order valence-electron chi connectivity index (χ0n) is 8.11. The lowest BCUT2D eigenvalue weighted by Gasteiger charge is -2.13. The normalized spacial score (nSPS) is 10.5. The van der Waals surface area contributed by atoms with E-state index >= 15 is 0 Å². The molecule has 6 heteroatoms. The number of hydrogen-bond acceptors (Lipinski definition) is 5. The lowest BCUT2D eigenvalue weighted by molar-refractivity contribution is 0.931. The van der Waals surface area contributed by atoms with Gasteiger partial charge in [0.2, 0.25) is 0 Å². The standard InChI is InChI=1S/C9H10ClN3S2/c1-13(9-12-4-8(11)15-9)5-6-2-3-7(10)14-6/h2-4H,5,11H2,1H3. The number of hydrogen-bond donors (Lipinski definition) is 1. The van der Waals surface area contributed by atoms with E-state index in [1.807, 2.05) is 19.2 Å². The number of halogens is 1. The maximum atomic E-state index is 5.86. The molecule has 0 saturated carbocycles. The highest BCUT2D eigenvalue weighted by Crippen LogP contribution is 2.27. The van der Waals surface area contributed by atoms with E-state index in [0.29, 0.717) is 0 Å². The molecule has 2 aromatic rings. The van der Waals surface area contributed by atoms with Gasteiger partial charge in [0.05, 0.1) is 17.1 Å². The van der Waals surface area contributed by atoms with E-state index in [9.17, 15) is 0 Å². The maximum absolute atomic E-state index is 5.86. The molecule has 0 aromatic carbocycles. The minimum atomic E-state index is 0.737. The van der Waals surface area contributed by atoms with Crippen LogP contribution in [-0.4, -0.2) is 12.0 Å². The largest absolute Gasteiger partial charge is 0.389 e. The molecule has 0 saturated heterocycles. The van der Waals surface area contributed by atoms with E-state index in [0.717, 1.165) is 21.0 Å². The van der Waals surface area contributed by atoms with Crippen molar-refractivity contribution in [2.24, 2.45) is 0 Å². The van der Waals surface area contributed by atoms with Crippen molar-refractivity contribution in [2.45, 2.75) is 6.54 Å². The molecule has 2 heterocycles. The number of rotatable bonds is 3. The van der Waals surface area contributed by atoms with Crippen LogP contribution in [-0.2, 0) is 6.54 Å². The van der Waals surface area contributed by atoms with E-state index < -0.39 is 0 Å². The van der Waals surface area contributed by atoms with Gasteiger partial charge in [-0.05, 0) is 12.1 Å². The first-order valence-corrected chi connectivity index (χ1v) is 6.33. The van der Waals surface area contributed by atoms with E-state index in [4.69, 9.17) is 17.3 Å². The van der Waals surface area contributed by atoms with Crippen LogP contribution in [0.2, 0.25) is 4.34 Å². The predicted molar refractivity (Wildman–Crippen MR) is 68.0 cm³/mol. The molecule has 80 valence electrons. The van der Waals surface area contributed by atoms with Crippen LogP contribution >= 0.6 is 34.3 Å². The molecule has 0 radical (unpaired) electrons. The average molecular weight is 260 g/mol. The van der Waals surface area contributed by atoms with Gasteiger partial charge in [-0.1, -0.05) is 22.9 Å². The lowest BCUT2D eigenvalue weighted by atomic mass is 10.4. The Bertz CT molecular complexity index is 452. The van der Waals surface area contributed by atoms with Crippen LogP contribution in [0.3, 0.4) is 0 Å². The number of nitrogens with two attached hydrogens (primary N) is 1. The zero-order valence-corrected chi connectivity index (χ0v) is 10.5. The third kappa shape index (κ3) is 2.62. The number of nitrogen functional groups attached to an aromatic ring is 1. The molecule has 0 fully saturated rings. The highest BCUT2D eigenvalue weighted by atomic mass is 35.5. The predicted octanol–water partition coefficient (Wildman–Crippen LogP) is 3.08. The van der Waals surface area contributed by atoms with E-state index in [1.54, 1.807) is 17.5 Å². The van der Waals surface area contributed by atoms with Gasteiger partial charge in [0, 0.05) is 11.9 Å². The molecular formula is C9H10ClN3S2. The van der Waals surface area contributed by atoms with Gasteiger partial charge in [0.15, 0.2) is 5.13 Å². The molecule has 2 rings (SSSR count). The summed E-state index contributed by atoms with van der Waals surface area (Å²) in [6.45, 7) is 0.810. The molecule has 0 spiro atoms. The van der Waals surface area contributed by atoms with Crippen molar-refractivity contribution in [3.05, 3.63) is 27.5 Å². The van der Waals surface area contributed by atoms with Crippen LogP contribution in [0.25, 0.3) is 0 Å². The van der Waals surface area contributed by atoms with Crippen molar-refractivity contribution in [3.8, 4) is 0 Å². The smallest absolute Gasteiger partial charge is 0.187 e. The molecule has 3 nitrogen and oxygen atoms in total. The van der Waals surface area contributed by atoms with Gasteiger partial charge in [-0.3, -0.25) is 0 Å². The first-order chi connectivity index (χ1) is 7.15. The number of nitrogens with zero attached hydrogens (tertiary/aromatic N) is 2. The molecule has 2 aromatic heterocycles. The Labute approximate surface area is 101 Å². The minimum absolute atomic E-state index is 0.737. The van der Waals surface area contributed by atoms with Crippen LogP contribution in [0.15, 0.2) is 18.3 Å².